The van der Waals surface area contributed by atoms with Gasteiger partial charge in [-0.3, -0.25) is 0 Å². The van der Waals surface area contributed by atoms with E-state index in [0.717, 1.165) is 6.54 Å². The maximum atomic E-state index is 3.36. The highest BCUT2D eigenvalue weighted by atomic mass is 14.9. The van der Waals surface area contributed by atoms with Crippen LogP contribution in [-0.4, -0.2) is 6.54 Å². The molecule has 1 rings (SSSR count). The molecule has 0 aromatic carbocycles. The summed E-state index contributed by atoms with van der Waals surface area (Å²) < 4.78 is 0. The first-order valence-corrected chi connectivity index (χ1v) is 4.41. The minimum absolute atomic E-state index is 1.14. The van der Waals surface area contributed by atoms with Crippen LogP contribution in [0.1, 0.15) is 26.7 Å². The van der Waals surface area contributed by atoms with Gasteiger partial charge in [-0.05, 0) is 32.8 Å². The number of hydrogen-bond acceptors (Lipinski definition) is 1. The van der Waals surface area contributed by atoms with E-state index in [1.807, 2.05) is 0 Å². The highest BCUT2D eigenvalue weighted by Gasteiger charge is 2.03. The number of rotatable bonds is 1. The number of nitrogens with one attached hydrogen (secondary N) is 1. The third kappa shape index (κ3) is 3.42. The Bertz CT molecular complexity index is 177. The molecule has 0 saturated carbocycles. The molecule has 12 heavy (non-hydrogen) atoms. The summed E-state index contributed by atoms with van der Waals surface area (Å²) in [7, 11) is 0. The summed E-state index contributed by atoms with van der Waals surface area (Å²) in [6, 6.07) is 0. The van der Waals surface area contributed by atoms with E-state index < -0.39 is 0 Å². The summed E-state index contributed by atoms with van der Waals surface area (Å²) in [4.78, 5) is 0. The van der Waals surface area contributed by atoms with Gasteiger partial charge in [-0.15, -0.1) is 13.2 Å². The van der Waals surface area contributed by atoms with Gasteiger partial charge >= 0.3 is 0 Å². The fourth-order valence-corrected chi connectivity index (χ4v) is 1.23. The summed E-state index contributed by atoms with van der Waals surface area (Å²) in [5, 5.41) is 3.36. The topological polar surface area (TPSA) is 12.0 Å². The van der Waals surface area contributed by atoms with Crippen LogP contribution in [0.25, 0.3) is 0 Å². The van der Waals surface area contributed by atoms with Gasteiger partial charge in [0.1, 0.15) is 0 Å². The molecule has 0 aromatic rings. The SMILES string of the molecule is C/C=C\C1=C(C)CCCN1.C=C. The molecule has 1 aliphatic heterocycles. The Balaban J connectivity index is 0.000000561. The molecule has 0 radical (unpaired) electrons. The van der Waals surface area contributed by atoms with Crippen molar-refractivity contribution in [2.24, 2.45) is 0 Å². The Morgan fingerprint density at radius 3 is 2.58 bits per heavy atom. The van der Waals surface area contributed by atoms with Crippen molar-refractivity contribution >= 4 is 0 Å². The third-order valence-electron chi connectivity index (χ3n) is 1.84. The first kappa shape index (κ1) is 11.0. The maximum absolute atomic E-state index is 3.36. The Hall–Kier alpha value is -0.980. The second-order valence-corrected chi connectivity index (χ2v) is 2.72. The number of hydrogen-bond donors (Lipinski definition) is 1. The predicted octanol–water partition coefficient (Wildman–Crippen LogP) is 3.02. The summed E-state index contributed by atoms with van der Waals surface area (Å²) in [5.74, 6) is 0. The monoisotopic (exact) mass is 165 g/mol. The second kappa shape index (κ2) is 6.71. The van der Waals surface area contributed by atoms with E-state index in [2.05, 4.69) is 44.5 Å². The van der Waals surface area contributed by atoms with Crippen molar-refractivity contribution in [1.29, 1.82) is 0 Å². The molecule has 0 bridgehead atoms. The lowest BCUT2D eigenvalue weighted by Crippen LogP contribution is -2.19. The maximum Gasteiger partial charge on any atom is 0.0325 e. The van der Waals surface area contributed by atoms with Crippen LogP contribution in [0, 0.1) is 0 Å². The molecule has 1 heterocycles. The van der Waals surface area contributed by atoms with Crippen LogP contribution >= 0.6 is 0 Å². The van der Waals surface area contributed by atoms with Gasteiger partial charge in [0.25, 0.3) is 0 Å². The Morgan fingerprint density at radius 1 is 1.42 bits per heavy atom. The highest BCUT2D eigenvalue weighted by molar-refractivity contribution is 5.24. The van der Waals surface area contributed by atoms with Gasteiger partial charge in [-0.1, -0.05) is 11.6 Å². The molecule has 0 unspecified atom stereocenters. The lowest BCUT2D eigenvalue weighted by Gasteiger charge is -2.16. The van der Waals surface area contributed by atoms with Crippen LogP contribution in [-0.2, 0) is 0 Å². The Kier molecular flexibility index (Phi) is 6.16. The van der Waals surface area contributed by atoms with Crippen LogP contribution in [0.3, 0.4) is 0 Å². The summed E-state index contributed by atoms with van der Waals surface area (Å²) in [6.07, 6.45) is 6.77. The van der Waals surface area contributed by atoms with Crippen molar-refractivity contribution in [2.45, 2.75) is 26.7 Å². The van der Waals surface area contributed by atoms with Crippen molar-refractivity contribution in [3.05, 3.63) is 36.6 Å². The molecule has 68 valence electrons. The molecule has 1 heteroatoms. The number of allylic oxidation sites excluding steroid dienone is 3. The van der Waals surface area contributed by atoms with E-state index in [1.54, 1.807) is 0 Å². The summed E-state index contributed by atoms with van der Waals surface area (Å²) >= 11 is 0. The van der Waals surface area contributed by atoms with Gasteiger partial charge in [0.2, 0.25) is 0 Å². The molecule has 0 aromatic heterocycles. The van der Waals surface area contributed by atoms with Gasteiger partial charge in [-0.2, -0.15) is 0 Å². The van der Waals surface area contributed by atoms with E-state index in [-0.39, 0.29) is 0 Å². The minimum atomic E-state index is 1.14. The van der Waals surface area contributed by atoms with Gasteiger partial charge < -0.3 is 5.32 Å². The zero-order valence-corrected chi connectivity index (χ0v) is 8.19. The molecule has 1 N–H and O–H groups in total. The smallest absolute Gasteiger partial charge is 0.0325 e. The predicted molar refractivity (Wildman–Crippen MR) is 56.0 cm³/mol. The largest absolute Gasteiger partial charge is 0.385 e. The molecule has 0 fully saturated rings. The first-order valence-electron chi connectivity index (χ1n) is 4.41. The molecular weight excluding hydrogens is 146 g/mol. The fraction of sp³-hybridized carbons (Fsp3) is 0.455. The third-order valence-corrected chi connectivity index (χ3v) is 1.84. The lowest BCUT2D eigenvalue weighted by atomic mass is 10.1. The molecule has 1 nitrogen and oxygen atoms in total. The normalized spacial score (nSPS) is 16.8. The van der Waals surface area contributed by atoms with Crippen LogP contribution in [0.2, 0.25) is 0 Å². The van der Waals surface area contributed by atoms with E-state index in [9.17, 15) is 0 Å². The van der Waals surface area contributed by atoms with Crippen molar-refractivity contribution in [3.63, 3.8) is 0 Å². The van der Waals surface area contributed by atoms with Crippen LogP contribution in [0.5, 0.6) is 0 Å². The standard InChI is InChI=1S/C9H15N.C2H4/c1-3-5-9-8(2)6-4-7-10-9;1-2/h3,5,10H,4,6-7H2,1-2H3;1-2H2/b5-3-;. The van der Waals surface area contributed by atoms with Gasteiger partial charge in [0.15, 0.2) is 0 Å². The molecule has 0 saturated heterocycles. The van der Waals surface area contributed by atoms with E-state index in [0.29, 0.717) is 0 Å². The van der Waals surface area contributed by atoms with Gasteiger partial charge in [0, 0.05) is 12.2 Å². The zero-order chi connectivity index (χ0) is 9.40. The van der Waals surface area contributed by atoms with E-state index >= 15 is 0 Å². The Morgan fingerprint density at radius 2 is 2.08 bits per heavy atom. The molecule has 0 atom stereocenters. The van der Waals surface area contributed by atoms with Crippen molar-refractivity contribution in [2.75, 3.05) is 6.54 Å². The van der Waals surface area contributed by atoms with Gasteiger partial charge in [0.05, 0.1) is 0 Å². The zero-order valence-electron chi connectivity index (χ0n) is 8.19. The molecule has 0 spiro atoms. The summed E-state index contributed by atoms with van der Waals surface area (Å²) in [6.45, 7) is 11.4. The second-order valence-electron chi connectivity index (χ2n) is 2.72. The van der Waals surface area contributed by atoms with Crippen LogP contribution in [0.4, 0.5) is 0 Å². The summed E-state index contributed by atoms with van der Waals surface area (Å²) in [5.41, 5.74) is 2.82. The lowest BCUT2D eigenvalue weighted by molar-refractivity contribution is 0.674. The average Bonchev–Trinajstić information content (AvgIpc) is 2.13. The quantitative estimate of drug-likeness (QED) is 0.589. The van der Waals surface area contributed by atoms with Gasteiger partial charge in [-0.25, -0.2) is 0 Å². The van der Waals surface area contributed by atoms with Crippen molar-refractivity contribution < 1.29 is 0 Å². The highest BCUT2D eigenvalue weighted by Crippen LogP contribution is 2.13. The molecule has 0 aliphatic carbocycles. The fourth-order valence-electron chi connectivity index (χ4n) is 1.23. The first-order chi connectivity index (χ1) is 5.84. The van der Waals surface area contributed by atoms with Crippen molar-refractivity contribution in [3.8, 4) is 0 Å². The molecule has 1 aliphatic rings. The van der Waals surface area contributed by atoms with E-state index in [1.165, 1.54) is 24.1 Å². The molecule has 0 amide bonds. The van der Waals surface area contributed by atoms with Crippen LogP contribution < -0.4 is 5.32 Å². The molecular formula is C11H19N. The average molecular weight is 165 g/mol. The van der Waals surface area contributed by atoms with Crippen LogP contribution in [0.15, 0.2) is 36.6 Å². The van der Waals surface area contributed by atoms with Crippen molar-refractivity contribution in [1.82, 2.24) is 5.32 Å². The minimum Gasteiger partial charge on any atom is -0.385 e. The Labute approximate surface area is 75.9 Å². The van der Waals surface area contributed by atoms with E-state index in [4.69, 9.17) is 0 Å².